The quantitative estimate of drug-likeness (QED) is 0.818. The van der Waals surface area contributed by atoms with E-state index in [9.17, 15) is 8.42 Å². The van der Waals surface area contributed by atoms with E-state index < -0.39 is 10.0 Å². The number of nitrogens with zero attached hydrogens (tertiary/aromatic N) is 3. The molecule has 0 aliphatic carbocycles. The van der Waals surface area contributed by atoms with Crippen molar-refractivity contribution >= 4 is 26.5 Å². The van der Waals surface area contributed by atoms with Crippen molar-refractivity contribution in [1.82, 2.24) is 9.29 Å². The van der Waals surface area contributed by atoms with Crippen molar-refractivity contribution in [2.75, 3.05) is 37.3 Å². The average molecular weight is 366 g/mol. The van der Waals surface area contributed by atoms with Crippen molar-refractivity contribution in [3.05, 3.63) is 35.2 Å². The molecule has 5 nitrogen and oxygen atoms in total. The zero-order chi connectivity index (χ0) is 17.2. The van der Waals surface area contributed by atoms with Gasteiger partial charge in [0.1, 0.15) is 0 Å². The van der Waals surface area contributed by atoms with Crippen molar-refractivity contribution < 1.29 is 8.42 Å². The highest BCUT2D eigenvalue weighted by molar-refractivity contribution is 7.88. The van der Waals surface area contributed by atoms with Crippen LogP contribution in [-0.4, -0.2) is 50.1 Å². The van der Waals surface area contributed by atoms with E-state index >= 15 is 0 Å². The summed E-state index contributed by atoms with van der Waals surface area (Å²) in [6.07, 6.45) is 3.38. The molecule has 0 radical (unpaired) electrons. The van der Waals surface area contributed by atoms with Gasteiger partial charge in [-0.25, -0.2) is 13.4 Å². The Morgan fingerprint density at radius 3 is 2.38 bits per heavy atom. The molecule has 1 saturated heterocycles. The minimum absolute atomic E-state index is 0.530. The van der Waals surface area contributed by atoms with Gasteiger partial charge in [0, 0.05) is 36.6 Å². The molecule has 130 valence electrons. The number of piperazine rings is 1. The Hall–Kier alpha value is -1.44. The fourth-order valence-corrected chi connectivity index (χ4v) is 4.97. The van der Waals surface area contributed by atoms with E-state index in [0.717, 1.165) is 29.2 Å². The molecule has 1 fully saturated rings. The fourth-order valence-electron chi connectivity index (χ4n) is 2.90. The first-order valence-electron chi connectivity index (χ1n) is 8.24. The van der Waals surface area contributed by atoms with Crippen molar-refractivity contribution in [3.8, 4) is 11.3 Å². The van der Waals surface area contributed by atoms with Crippen LogP contribution >= 0.6 is 11.3 Å². The lowest BCUT2D eigenvalue weighted by atomic mass is 10.1. The Morgan fingerprint density at radius 2 is 1.79 bits per heavy atom. The smallest absolute Gasteiger partial charge is 0.211 e. The van der Waals surface area contributed by atoms with Gasteiger partial charge in [-0.3, -0.25) is 0 Å². The van der Waals surface area contributed by atoms with E-state index in [1.54, 1.807) is 15.6 Å². The molecule has 0 spiro atoms. The first-order chi connectivity index (χ1) is 11.5. The highest BCUT2D eigenvalue weighted by Gasteiger charge is 2.25. The van der Waals surface area contributed by atoms with Gasteiger partial charge in [0.05, 0.1) is 11.9 Å². The molecule has 7 heteroatoms. The summed E-state index contributed by atoms with van der Waals surface area (Å²) in [7, 11) is -3.10. The molecule has 1 aromatic carbocycles. The summed E-state index contributed by atoms with van der Waals surface area (Å²) >= 11 is 1.74. The van der Waals surface area contributed by atoms with Crippen LogP contribution in [0.2, 0.25) is 0 Å². The van der Waals surface area contributed by atoms with Crippen LogP contribution in [0.1, 0.15) is 18.2 Å². The highest BCUT2D eigenvalue weighted by Crippen LogP contribution is 2.34. The maximum Gasteiger partial charge on any atom is 0.211 e. The zero-order valence-corrected chi connectivity index (χ0v) is 15.7. The number of sulfonamides is 1. The molecule has 1 aromatic heterocycles. The molecular formula is C17H23N3O2S2. The summed E-state index contributed by atoms with van der Waals surface area (Å²) in [5, 5.41) is 1.01. The van der Waals surface area contributed by atoms with Gasteiger partial charge in [-0.1, -0.05) is 43.7 Å². The Labute approximate surface area is 148 Å². The maximum atomic E-state index is 11.7. The van der Waals surface area contributed by atoms with Crippen LogP contribution in [0.25, 0.3) is 11.3 Å². The first kappa shape index (κ1) is 17.4. The predicted octanol–water partition coefficient (Wildman–Crippen LogP) is 2.84. The number of hydrogen-bond donors (Lipinski definition) is 0. The molecule has 24 heavy (non-hydrogen) atoms. The highest BCUT2D eigenvalue weighted by atomic mass is 32.2. The molecule has 0 amide bonds. The number of thiazole rings is 1. The molecule has 2 aromatic rings. The van der Waals surface area contributed by atoms with Crippen LogP contribution in [0.3, 0.4) is 0 Å². The lowest BCUT2D eigenvalue weighted by Crippen LogP contribution is -2.48. The van der Waals surface area contributed by atoms with Gasteiger partial charge in [0.15, 0.2) is 5.13 Å². The van der Waals surface area contributed by atoms with E-state index in [1.165, 1.54) is 11.1 Å². The van der Waals surface area contributed by atoms with Crippen LogP contribution in [0.15, 0.2) is 30.3 Å². The van der Waals surface area contributed by atoms with Gasteiger partial charge >= 0.3 is 0 Å². The van der Waals surface area contributed by atoms with Crippen molar-refractivity contribution in [2.45, 2.75) is 19.8 Å². The van der Waals surface area contributed by atoms with Gasteiger partial charge in [-0.2, -0.15) is 4.31 Å². The van der Waals surface area contributed by atoms with Crippen molar-refractivity contribution in [1.29, 1.82) is 0 Å². The van der Waals surface area contributed by atoms with E-state index in [2.05, 4.69) is 24.0 Å². The molecular weight excluding hydrogens is 342 g/mol. The minimum Gasteiger partial charge on any atom is -0.345 e. The zero-order valence-electron chi connectivity index (χ0n) is 14.1. The summed E-state index contributed by atoms with van der Waals surface area (Å²) in [6.45, 7) is 4.63. The number of anilines is 1. The summed E-state index contributed by atoms with van der Waals surface area (Å²) in [5.41, 5.74) is 2.22. The standard InChI is InChI=1S/C17H23N3O2S2/c1-3-7-15-16(14-8-5-4-6-9-14)18-17(23-15)19-10-12-20(13-11-19)24(2,21)22/h4-6,8-9H,3,7,10-13H2,1-2H3. The third-order valence-electron chi connectivity index (χ3n) is 4.19. The largest absolute Gasteiger partial charge is 0.345 e. The Bertz CT molecular complexity index is 779. The number of hydrogen-bond acceptors (Lipinski definition) is 5. The van der Waals surface area contributed by atoms with Crippen molar-refractivity contribution in [2.24, 2.45) is 0 Å². The van der Waals surface area contributed by atoms with Crippen LogP contribution in [0.5, 0.6) is 0 Å². The second-order valence-electron chi connectivity index (χ2n) is 6.03. The monoisotopic (exact) mass is 365 g/mol. The summed E-state index contributed by atoms with van der Waals surface area (Å²) in [5.74, 6) is 0. The third-order valence-corrected chi connectivity index (χ3v) is 6.67. The molecule has 1 aliphatic rings. The van der Waals surface area contributed by atoms with Crippen LogP contribution in [-0.2, 0) is 16.4 Å². The van der Waals surface area contributed by atoms with Crippen LogP contribution in [0.4, 0.5) is 5.13 Å². The number of aryl methyl sites for hydroxylation is 1. The van der Waals surface area contributed by atoms with Crippen LogP contribution in [0, 0.1) is 0 Å². The topological polar surface area (TPSA) is 53.5 Å². The summed E-state index contributed by atoms with van der Waals surface area (Å²) in [4.78, 5) is 8.40. The minimum atomic E-state index is -3.10. The average Bonchev–Trinajstić information content (AvgIpc) is 2.99. The van der Waals surface area contributed by atoms with E-state index in [-0.39, 0.29) is 0 Å². The Morgan fingerprint density at radius 1 is 1.12 bits per heavy atom. The number of benzene rings is 1. The number of rotatable bonds is 5. The SMILES string of the molecule is CCCc1sc(N2CCN(S(C)(=O)=O)CC2)nc1-c1ccccc1. The van der Waals surface area contributed by atoms with Gasteiger partial charge < -0.3 is 4.90 Å². The maximum absolute atomic E-state index is 11.7. The van der Waals surface area contributed by atoms with Gasteiger partial charge in [-0.15, -0.1) is 11.3 Å². The fraction of sp³-hybridized carbons (Fsp3) is 0.471. The third kappa shape index (κ3) is 3.79. The molecule has 2 heterocycles. The Kier molecular flexibility index (Phi) is 5.22. The lowest BCUT2D eigenvalue weighted by molar-refractivity contribution is 0.388. The number of aromatic nitrogens is 1. The predicted molar refractivity (Wildman–Crippen MR) is 100 cm³/mol. The molecule has 1 aliphatic heterocycles. The molecule has 0 unspecified atom stereocenters. The molecule has 0 bridgehead atoms. The molecule has 0 N–H and O–H groups in total. The lowest BCUT2D eigenvalue weighted by Gasteiger charge is -2.32. The Balaban J connectivity index is 1.83. The van der Waals surface area contributed by atoms with Crippen molar-refractivity contribution in [3.63, 3.8) is 0 Å². The normalized spacial score (nSPS) is 16.5. The second kappa shape index (κ2) is 7.21. The van der Waals surface area contributed by atoms with Gasteiger partial charge in [0.2, 0.25) is 10.0 Å². The van der Waals surface area contributed by atoms with E-state index in [0.29, 0.717) is 26.2 Å². The second-order valence-corrected chi connectivity index (χ2v) is 9.08. The van der Waals surface area contributed by atoms with E-state index in [4.69, 9.17) is 4.98 Å². The van der Waals surface area contributed by atoms with Crippen LogP contribution < -0.4 is 4.90 Å². The van der Waals surface area contributed by atoms with E-state index in [1.807, 2.05) is 18.2 Å². The molecule has 0 saturated carbocycles. The van der Waals surface area contributed by atoms with Gasteiger partial charge in [0.25, 0.3) is 0 Å². The first-order valence-corrected chi connectivity index (χ1v) is 10.9. The summed E-state index contributed by atoms with van der Waals surface area (Å²) in [6, 6.07) is 10.3. The van der Waals surface area contributed by atoms with Gasteiger partial charge in [-0.05, 0) is 6.42 Å². The molecule has 0 atom stereocenters. The summed E-state index contributed by atoms with van der Waals surface area (Å²) < 4.78 is 24.8. The molecule has 3 rings (SSSR count).